The molecule has 1 N–H and O–H groups in total. The molecule has 0 heterocycles. The summed E-state index contributed by atoms with van der Waals surface area (Å²) in [7, 11) is 0. The Morgan fingerprint density at radius 3 is 2.57 bits per heavy atom. The monoisotopic (exact) mass is 295 g/mol. The van der Waals surface area contributed by atoms with E-state index in [4.69, 9.17) is 4.74 Å². The second-order valence-electron chi connectivity index (χ2n) is 4.53. The van der Waals surface area contributed by atoms with Gasteiger partial charge in [-0.25, -0.2) is 13.2 Å². The molecule has 0 atom stereocenters. The van der Waals surface area contributed by atoms with E-state index in [0.29, 0.717) is 12.1 Å². The normalized spacial score (nSPS) is 10.7. The van der Waals surface area contributed by atoms with Crippen molar-refractivity contribution in [3.63, 3.8) is 0 Å². The third-order valence-corrected chi connectivity index (χ3v) is 2.99. The van der Waals surface area contributed by atoms with Crippen LogP contribution in [0.25, 0.3) is 0 Å². The minimum atomic E-state index is -0.582. The molecular formula is C16H16F3NO. The zero-order valence-corrected chi connectivity index (χ0v) is 11.6. The summed E-state index contributed by atoms with van der Waals surface area (Å²) < 4.78 is 45.8. The molecule has 0 bridgehead atoms. The highest BCUT2D eigenvalue weighted by atomic mass is 19.1. The third-order valence-electron chi connectivity index (χ3n) is 2.99. The SMILES string of the molecule is CCNCc1cccc(F)c1OCc1cc(F)ccc1F. The van der Waals surface area contributed by atoms with Gasteiger partial charge in [-0.1, -0.05) is 19.1 Å². The van der Waals surface area contributed by atoms with E-state index in [0.717, 1.165) is 24.7 Å². The van der Waals surface area contributed by atoms with Gasteiger partial charge in [0.2, 0.25) is 0 Å². The minimum absolute atomic E-state index is 0.0488. The van der Waals surface area contributed by atoms with Gasteiger partial charge in [-0.3, -0.25) is 0 Å². The van der Waals surface area contributed by atoms with E-state index in [2.05, 4.69) is 5.32 Å². The molecule has 5 heteroatoms. The first kappa shape index (κ1) is 15.4. The third kappa shape index (κ3) is 3.98. The Bertz CT molecular complexity index is 616. The van der Waals surface area contributed by atoms with Crippen molar-refractivity contribution in [2.45, 2.75) is 20.1 Å². The molecule has 0 saturated heterocycles. The number of rotatable bonds is 6. The molecule has 0 spiro atoms. The maximum absolute atomic E-state index is 13.8. The van der Waals surface area contributed by atoms with Crippen molar-refractivity contribution in [2.24, 2.45) is 0 Å². The average Bonchev–Trinajstić information content (AvgIpc) is 2.47. The molecule has 21 heavy (non-hydrogen) atoms. The van der Waals surface area contributed by atoms with Crippen LogP contribution in [0.15, 0.2) is 36.4 Å². The molecule has 2 aromatic carbocycles. The molecular weight excluding hydrogens is 279 g/mol. The van der Waals surface area contributed by atoms with Crippen LogP contribution in [0.3, 0.4) is 0 Å². The van der Waals surface area contributed by atoms with Crippen LogP contribution >= 0.6 is 0 Å². The lowest BCUT2D eigenvalue weighted by Crippen LogP contribution is -2.13. The zero-order valence-electron chi connectivity index (χ0n) is 11.6. The average molecular weight is 295 g/mol. The van der Waals surface area contributed by atoms with Crippen molar-refractivity contribution < 1.29 is 17.9 Å². The van der Waals surface area contributed by atoms with Gasteiger partial charge in [0.25, 0.3) is 0 Å². The lowest BCUT2D eigenvalue weighted by Gasteiger charge is -2.13. The van der Waals surface area contributed by atoms with Crippen molar-refractivity contribution in [1.29, 1.82) is 0 Å². The lowest BCUT2D eigenvalue weighted by atomic mass is 10.2. The van der Waals surface area contributed by atoms with E-state index in [-0.39, 0.29) is 17.9 Å². The summed E-state index contributed by atoms with van der Waals surface area (Å²) in [5.74, 6) is -1.61. The molecule has 0 fully saturated rings. The van der Waals surface area contributed by atoms with Crippen LogP contribution in [0.1, 0.15) is 18.1 Å². The maximum atomic E-state index is 13.8. The standard InChI is InChI=1S/C16H16F3NO/c1-2-20-9-11-4-3-5-15(19)16(11)21-10-12-8-13(17)6-7-14(12)18/h3-8,20H,2,9-10H2,1H3. The van der Waals surface area contributed by atoms with Crippen molar-refractivity contribution in [1.82, 2.24) is 5.32 Å². The Balaban J connectivity index is 2.17. The fourth-order valence-corrected chi connectivity index (χ4v) is 1.92. The summed E-state index contributed by atoms with van der Waals surface area (Å²) in [5.41, 5.74) is 0.682. The summed E-state index contributed by atoms with van der Waals surface area (Å²) in [4.78, 5) is 0. The fourth-order valence-electron chi connectivity index (χ4n) is 1.92. The highest BCUT2D eigenvalue weighted by molar-refractivity contribution is 5.35. The number of halogens is 3. The van der Waals surface area contributed by atoms with Gasteiger partial charge in [0.1, 0.15) is 18.2 Å². The number of ether oxygens (including phenoxy) is 1. The molecule has 0 aromatic heterocycles. The predicted octanol–water partition coefficient (Wildman–Crippen LogP) is 3.79. The van der Waals surface area contributed by atoms with Crippen LogP contribution in [0.2, 0.25) is 0 Å². The topological polar surface area (TPSA) is 21.3 Å². The van der Waals surface area contributed by atoms with Gasteiger partial charge >= 0.3 is 0 Å². The molecule has 0 amide bonds. The lowest BCUT2D eigenvalue weighted by molar-refractivity contribution is 0.280. The van der Waals surface area contributed by atoms with E-state index < -0.39 is 17.5 Å². The van der Waals surface area contributed by atoms with Crippen LogP contribution in [-0.4, -0.2) is 6.54 Å². The Kier molecular flexibility index (Phi) is 5.22. The Morgan fingerprint density at radius 1 is 1.00 bits per heavy atom. The highest BCUT2D eigenvalue weighted by Gasteiger charge is 2.11. The van der Waals surface area contributed by atoms with Crippen molar-refractivity contribution in [2.75, 3.05) is 6.54 Å². The predicted molar refractivity (Wildman–Crippen MR) is 74.5 cm³/mol. The summed E-state index contributed by atoms with van der Waals surface area (Å²) in [6.45, 7) is 2.87. The van der Waals surface area contributed by atoms with Gasteiger partial charge in [0.15, 0.2) is 11.6 Å². The quantitative estimate of drug-likeness (QED) is 0.875. The van der Waals surface area contributed by atoms with Gasteiger partial charge in [0, 0.05) is 17.7 Å². The molecule has 0 unspecified atom stereocenters. The molecule has 2 aromatic rings. The van der Waals surface area contributed by atoms with Gasteiger partial charge in [0.05, 0.1) is 0 Å². The number of hydrogen-bond acceptors (Lipinski definition) is 2. The Hall–Kier alpha value is -2.01. The van der Waals surface area contributed by atoms with Gasteiger partial charge in [-0.2, -0.15) is 0 Å². The van der Waals surface area contributed by atoms with Crippen molar-refractivity contribution in [3.8, 4) is 5.75 Å². The first-order chi connectivity index (χ1) is 10.1. The molecule has 0 aliphatic rings. The van der Waals surface area contributed by atoms with E-state index in [1.54, 1.807) is 12.1 Å². The molecule has 0 radical (unpaired) electrons. The summed E-state index contributed by atoms with van der Waals surface area (Å²) in [6.07, 6.45) is 0. The van der Waals surface area contributed by atoms with Crippen LogP contribution in [-0.2, 0) is 13.2 Å². The van der Waals surface area contributed by atoms with Crippen LogP contribution in [0.4, 0.5) is 13.2 Å². The minimum Gasteiger partial charge on any atom is -0.485 e. The van der Waals surface area contributed by atoms with Crippen molar-refractivity contribution in [3.05, 3.63) is 65.0 Å². The first-order valence-corrected chi connectivity index (χ1v) is 6.66. The van der Waals surface area contributed by atoms with Crippen molar-refractivity contribution >= 4 is 0 Å². The van der Waals surface area contributed by atoms with Crippen LogP contribution in [0.5, 0.6) is 5.75 Å². The fraction of sp³-hybridized carbons (Fsp3) is 0.250. The van der Waals surface area contributed by atoms with E-state index in [1.807, 2.05) is 6.92 Å². The van der Waals surface area contributed by atoms with E-state index in [1.165, 1.54) is 6.07 Å². The van der Waals surface area contributed by atoms with Gasteiger partial charge in [-0.05, 0) is 30.8 Å². The smallest absolute Gasteiger partial charge is 0.165 e. The molecule has 2 nitrogen and oxygen atoms in total. The number of benzene rings is 2. The zero-order chi connectivity index (χ0) is 15.2. The molecule has 0 saturated carbocycles. The molecule has 0 aliphatic heterocycles. The number of nitrogens with one attached hydrogen (secondary N) is 1. The number of para-hydroxylation sites is 1. The highest BCUT2D eigenvalue weighted by Crippen LogP contribution is 2.24. The molecule has 2 rings (SSSR count). The summed E-state index contributed by atoms with van der Waals surface area (Å²) >= 11 is 0. The number of hydrogen-bond donors (Lipinski definition) is 1. The Morgan fingerprint density at radius 2 is 1.81 bits per heavy atom. The maximum Gasteiger partial charge on any atom is 0.165 e. The Labute approximate surface area is 121 Å². The van der Waals surface area contributed by atoms with Gasteiger partial charge in [-0.15, -0.1) is 0 Å². The van der Waals surface area contributed by atoms with Crippen LogP contribution < -0.4 is 10.1 Å². The molecule has 0 aliphatic carbocycles. The second kappa shape index (κ2) is 7.13. The summed E-state index contributed by atoms with van der Waals surface area (Å²) in [6, 6.07) is 7.67. The van der Waals surface area contributed by atoms with Crippen LogP contribution in [0, 0.1) is 17.5 Å². The van der Waals surface area contributed by atoms with E-state index >= 15 is 0 Å². The van der Waals surface area contributed by atoms with Gasteiger partial charge < -0.3 is 10.1 Å². The molecule has 112 valence electrons. The largest absolute Gasteiger partial charge is 0.485 e. The summed E-state index contributed by atoms with van der Waals surface area (Å²) in [5, 5.41) is 3.07. The first-order valence-electron chi connectivity index (χ1n) is 6.66. The van der Waals surface area contributed by atoms with E-state index in [9.17, 15) is 13.2 Å². The second-order valence-corrected chi connectivity index (χ2v) is 4.53.